The van der Waals surface area contributed by atoms with E-state index >= 15 is 0 Å². The number of aliphatic hydroxyl groups is 1. The lowest BCUT2D eigenvalue weighted by Gasteiger charge is -2.15. The lowest BCUT2D eigenvalue weighted by molar-refractivity contribution is -0.161. The second-order valence-electron chi connectivity index (χ2n) is 16.8. The van der Waals surface area contributed by atoms with Crippen molar-refractivity contribution in [1.82, 2.24) is 0 Å². The molecule has 5 heteroatoms. The zero-order chi connectivity index (χ0) is 47.7. The molecular formula is C61H96O5. The summed E-state index contributed by atoms with van der Waals surface area (Å²) in [6.45, 7) is 3.88. The fraction of sp³-hybridized carbons (Fsp3) is 0.574. The molecule has 66 heavy (non-hydrogen) atoms. The molecule has 0 bridgehead atoms. The van der Waals surface area contributed by atoms with Crippen LogP contribution in [0.15, 0.2) is 146 Å². The smallest absolute Gasteiger partial charge is 0.306 e. The number of unbranched alkanes of at least 4 members (excludes halogenated alkanes) is 14. The Bertz CT molecular complexity index is 1450. The van der Waals surface area contributed by atoms with Crippen LogP contribution in [0, 0.1) is 0 Å². The van der Waals surface area contributed by atoms with E-state index in [1.54, 1.807) is 0 Å². The Morgan fingerprint density at radius 2 is 0.606 bits per heavy atom. The van der Waals surface area contributed by atoms with Crippen molar-refractivity contribution in [2.75, 3.05) is 13.2 Å². The number of carbonyl (C=O) groups excluding carboxylic acids is 2. The Kier molecular flexibility index (Phi) is 51.6. The average molecular weight is 909 g/mol. The maximum atomic E-state index is 12.3. The molecular weight excluding hydrogens is 813 g/mol. The van der Waals surface area contributed by atoms with Crippen molar-refractivity contribution in [1.29, 1.82) is 0 Å². The Morgan fingerprint density at radius 3 is 0.909 bits per heavy atom. The van der Waals surface area contributed by atoms with Gasteiger partial charge in [0.15, 0.2) is 6.10 Å². The van der Waals surface area contributed by atoms with Crippen molar-refractivity contribution >= 4 is 11.9 Å². The van der Waals surface area contributed by atoms with Gasteiger partial charge in [-0.2, -0.15) is 0 Å². The summed E-state index contributed by atoms with van der Waals surface area (Å²) < 4.78 is 10.7. The normalized spacial score (nSPS) is 13.4. The second kappa shape index (κ2) is 55.1. The zero-order valence-corrected chi connectivity index (χ0v) is 42.1. The SMILES string of the molecule is CC/C=C\C/C=C\C/C=C\C/C=C\C/C=C\C/C=C\CCCCCCCCCCCCC(=O)OC(CO)COC(=O)CCCCCC/C=C\C/C=C\C/C=C\C/C=C\C/C=C\C/C=C\CC. The van der Waals surface area contributed by atoms with Crippen molar-refractivity contribution in [2.24, 2.45) is 0 Å². The van der Waals surface area contributed by atoms with Crippen LogP contribution in [-0.2, 0) is 19.1 Å². The first-order chi connectivity index (χ1) is 32.6. The van der Waals surface area contributed by atoms with Crippen molar-refractivity contribution < 1.29 is 24.2 Å². The Hall–Kier alpha value is -4.22. The van der Waals surface area contributed by atoms with Gasteiger partial charge in [-0.25, -0.2) is 0 Å². The molecule has 0 spiro atoms. The average Bonchev–Trinajstić information content (AvgIpc) is 3.32. The minimum Gasteiger partial charge on any atom is -0.462 e. The van der Waals surface area contributed by atoms with Crippen molar-refractivity contribution in [3.8, 4) is 0 Å². The molecule has 0 fully saturated rings. The number of allylic oxidation sites excluding steroid dienone is 24. The first kappa shape index (κ1) is 61.8. The Labute approximate surface area is 406 Å². The van der Waals surface area contributed by atoms with Crippen LogP contribution in [0.2, 0.25) is 0 Å². The summed E-state index contributed by atoms with van der Waals surface area (Å²) in [4.78, 5) is 24.5. The van der Waals surface area contributed by atoms with Crippen LogP contribution in [0.3, 0.4) is 0 Å². The first-order valence-electron chi connectivity index (χ1n) is 26.4. The van der Waals surface area contributed by atoms with E-state index < -0.39 is 6.10 Å². The molecule has 1 N–H and O–H groups in total. The van der Waals surface area contributed by atoms with Crippen molar-refractivity contribution in [3.05, 3.63) is 146 Å². The molecule has 0 aromatic rings. The van der Waals surface area contributed by atoms with Gasteiger partial charge in [0, 0.05) is 12.8 Å². The van der Waals surface area contributed by atoms with Gasteiger partial charge < -0.3 is 14.6 Å². The predicted octanol–water partition coefficient (Wildman–Crippen LogP) is 17.9. The number of hydrogen-bond donors (Lipinski definition) is 1. The summed E-state index contributed by atoms with van der Waals surface area (Å²) in [6.07, 6.45) is 83.6. The molecule has 0 aromatic carbocycles. The second-order valence-corrected chi connectivity index (χ2v) is 16.8. The maximum absolute atomic E-state index is 12.3. The number of hydrogen-bond acceptors (Lipinski definition) is 5. The molecule has 0 heterocycles. The number of esters is 2. The maximum Gasteiger partial charge on any atom is 0.306 e. The molecule has 0 aliphatic rings. The van der Waals surface area contributed by atoms with Crippen LogP contribution in [-0.4, -0.2) is 36.4 Å². The lowest BCUT2D eigenvalue weighted by Crippen LogP contribution is -2.28. The van der Waals surface area contributed by atoms with Gasteiger partial charge in [-0.3, -0.25) is 9.59 Å². The Morgan fingerprint density at radius 1 is 0.348 bits per heavy atom. The molecule has 1 unspecified atom stereocenters. The molecule has 0 saturated carbocycles. The van der Waals surface area contributed by atoms with E-state index in [-0.39, 0.29) is 25.2 Å². The lowest BCUT2D eigenvalue weighted by atomic mass is 10.0. The van der Waals surface area contributed by atoms with Gasteiger partial charge in [0.2, 0.25) is 0 Å². The highest BCUT2D eigenvalue weighted by Gasteiger charge is 2.16. The number of ether oxygens (including phenoxy) is 2. The van der Waals surface area contributed by atoms with E-state index in [0.29, 0.717) is 12.8 Å². The predicted molar refractivity (Wildman–Crippen MR) is 287 cm³/mol. The highest BCUT2D eigenvalue weighted by molar-refractivity contribution is 5.70. The van der Waals surface area contributed by atoms with Gasteiger partial charge in [-0.1, -0.05) is 224 Å². The van der Waals surface area contributed by atoms with Crippen molar-refractivity contribution in [2.45, 2.75) is 213 Å². The molecule has 0 aliphatic carbocycles. The van der Waals surface area contributed by atoms with Gasteiger partial charge in [-0.05, 0) is 116 Å². The monoisotopic (exact) mass is 909 g/mol. The third kappa shape index (κ3) is 52.4. The third-order valence-corrected chi connectivity index (χ3v) is 10.6. The molecule has 0 radical (unpaired) electrons. The fourth-order valence-corrected chi connectivity index (χ4v) is 6.74. The van der Waals surface area contributed by atoms with Gasteiger partial charge in [0.25, 0.3) is 0 Å². The van der Waals surface area contributed by atoms with Crippen LogP contribution >= 0.6 is 0 Å². The van der Waals surface area contributed by atoms with Crippen molar-refractivity contribution in [3.63, 3.8) is 0 Å². The van der Waals surface area contributed by atoms with Crippen LogP contribution < -0.4 is 0 Å². The standard InChI is InChI=1S/C61H96O5/c1-3-5-7-9-11-13-15-17-19-21-23-25-27-28-29-30-31-32-34-36-38-40-42-44-46-48-50-52-54-56-61(64)66-59(57-62)58-65-60(63)55-53-51-49-47-45-43-41-39-37-35-33-26-24-22-20-18-16-14-12-10-8-6-4-2/h5-8,11-14,17-20,23-26,28-29,31-32,35,37,41,43,59,62H,3-4,9-10,15-16,21-22,27,30,33-34,36,38-40,42,44-58H2,1-2H3/b7-5-,8-6-,13-11-,14-12-,19-17-,20-18-,25-23-,26-24-,29-28-,32-31-,37-35-,43-41-. The largest absolute Gasteiger partial charge is 0.462 e. The topological polar surface area (TPSA) is 72.8 Å². The summed E-state index contributed by atoms with van der Waals surface area (Å²) in [6, 6.07) is 0. The summed E-state index contributed by atoms with van der Waals surface area (Å²) in [5.74, 6) is -0.636. The fourth-order valence-electron chi connectivity index (χ4n) is 6.74. The molecule has 0 amide bonds. The first-order valence-corrected chi connectivity index (χ1v) is 26.4. The van der Waals surface area contributed by atoms with Crippen LogP contribution in [0.5, 0.6) is 0 Å². The molecule has 0 aromatic heterocycles. The molecule has 1 atom stereocenters. The molecule has 0 aliphatic heterocycles. The molecule has 5 nitrogen and oxygen atoms in total. The van der Waals surface area contributed by atoms with Gasteiger partial charge in [-0.15, -0.1) is 0 Å². The van der Waals surface area contributed by atoms with Gasteiger partial charge >= 0.3 is 11.9 Å². The minimum atomic E-state index is -0.798. The highest BCUT2D eigenvalue weighted by atomic mass is 16.6. The molecule has 0 rings (SSSR count). The van der Waals surface area contributed by atoms with Gasteiger partial charge in [0.1, 0.15) is 6.61 Å². The van der Waals surface area contributed by atoms with E-state index in [2.05, 4.69) is 160 Å². The van der Waals surface area contributed by atoms with E-state index in [1.165, 1.54) is 51.4 Å². The Balaban J connectivity index is 3.63. The third-order valence-electron chi connectivity index (χ3n) is 10.6. The molecule has 0 saturated heterocycles. The van der Waals surface area contributed by atoms with Crippen LogP contribution in [0.25, 0.3) is 0 Å². The summed E-state index contributed by atoms with van der Waals surface area (Å²) in [7, 11) is 0. The number of aliphatic hydroxyl groups excluding tert-OH is 1. The van der Waals surface area contributed by atoms with Crippen LogP contribution in [0.1, 0.15) is 206 Å². The summed E-state index contributed by atoms with van der Waals surface area (Å²) >= 11 is 0. The summed E-state index contributed by atoms with van der Waals surface area (Å²) in [5, 5.41) is 9.64. The van der Waals surface area contributed by atoms with E-state index in [0.717, 1.165) is 128 Å². The number of carbonyl (C=O) groups is 2. The number of rotatable bonds is 46. The quantitative estimate of drug-likeness (QED) is 0.0374. The van der Waals surface area contributed by atoms with E-state index in [4.69, 9.17) is 9.47 Å². The summed E-state index contributed by atoms with van der Waals surface area (Å²) in [5.41, 5.74) is 0. The minimum absolute atomic E-state index is 0.0910. The van der Waals surface area contributed by atoms with Crippen LogP contribution in [0.4, 0.5) is 0 Å². The highest BCUT2D eigenvalue weighted by Crippen LogP contribution is 2.13. The van der Waals surface area contributed by atoms with Gasteiger partial charge in [0.05, 0.1) is 6.61 Å². The molecule has 370 valence electrons. The zero-order valence-electron chi connectivity index (χ0n) is 42.1. The van der Waals surface area contributed by atoms with E-state index in [9.17, 15) is 14.7 Å². The van der Waals surface area contributed by atoms with E-state index in [1.807, 2.05) is 0 Å².